The molecule has 0 aliphatic carbocycles. The highest BCUT2D eigenvalue weighted by Crippen LogP contribution is 2.38. The predicted molar refractivity (Wildman–Crippen MR) is 137 cm³/mol. The standard InChI is InChI=1S/C27H18Cl2F3N3O3/c28-20-12-16(5-8-19(20)27(30,31)32)22-9-10-25(35-34-22)33-26(36)15-3-6-18(7-4-15)38-24-14-23-17(13-21(24)29)2-1-11-37-23/h3-10,12-14H,1-2,11H2,(H,33,35,36). The first kappa shape index (κ1) is 25.8. The van der Waals surface area contributed by atoms with E-state index in [-0.39, 0.29) is 5.82 Å². The molecule has 0 atom stereocenters. The molecule has 1 amide bonds. The molecule has 3 aromatic carbocycles. The molecule has 1 aromatic heterocycles. The second-order valence-corrected chi connectivity index (χ2v) is 9.23. The fourth-order valence-electron chi connectivity index (χ4n) is 3.88. The van der Waals surface area contributed by atoms with E-state index in [0.29, 0.717) is 39.9 Å². The highest BCUT2D eigenvalue weighted by molar-refractivity contribution is 6.32. The van der Waals surface area contributed by atoms with Crippen molar-refractivity contribution in [1.29, 1.82) is 0 Å². The number of carbonyl (C=O) groups is 1. The number of nitrogens with one attached hydrogen (secondary N) is 1. The summed E-state index contributed by atoms with van der Waals surface area (Å²) in [6, 6.07) is 16.3. The molecule has 0 fully saturated rings. The summed E-state index contributed by atoms with van der Waals surface area (Å²) in [5, 5.41) is 10.6. The number of fused-ring (bicyclic) bond motifs is 1. The maximum Gasteiger partial charge on any atom is 0.417 e. The lowest BCUT2D eigenvalue weighted by molar-refractivity contribution is -0.137. The molecule has 38 heavy (non-hydrogen) atoms. The number of hydrogen-bond donors (Lipinski definition) is 1. The lowest BCUT2D eigenvalue weighted by Gasteiger charge is -2.19. The zero-order chi connectivity index (χ0) is 26.9. The first-order chi connectivity index (χ1) is 18.2. The number of rotatable bonds is 5. The van der Waals surface area contributed by atoms with Gasteiger partial charge >= 0.3 is 6.18 Å². The number of amides is 1. The molecule has 0 unspecified atom stereocenters. The number of carbonyl (C=O) groups excluding carboxylic acids is 1. The second kappa shape index (κ2) is 10.5. The minimum Gasteiger partial charge on any atom is -0.493 e. The zero-order valence-electron chi connectivity index (χ0n) is 19.5. The van der Waals surface area contributed by atoms with Gasteiger partial charge in [0, 0.05) is 17.2 Å². The smallest absolute Gasteiger partial charge is 0.417 e. The molecule has 1 aliphatic rings. The third-order valence-electron chi connectivity index (χ3n) is 5.78. The van der Waals surface area contributed by atoms with Gasteiger partial charge in [-0.15, -0.1) is 10.2 Å². The van der Waals surface area contributed by atoms with E-state index in [1.54, 1.807) is 30.3 Å². The highest BCUT2D eigenvalue weighted by Gasteiger charge is 2.33. The molecule has 0 spiro atoms. The molecule has 1 N–H and O–H groups in total. The summed E-state index contributed by atoms with van der Waals surface area (Å²) < 4.78 is 50.3. The van der Waals surface area contributed by atoms with Crippen molar-refractivity contribution in [3.05, 3.63) is 93.5 Å². The summed E-state index contributed by atoms with van der Waals surface area (Å²) in [5.41, 5.74) is 1.11. The molecule has 0 radical (unpaired) electrons. The fraction of sp³-hybridized carbons (Fsp3) is 0.148. The summed E-state index contributed by atoms with van der Waals surface area (Å²) in [4.78, 5) is 12.6. The number of alkyl halides is 3. The van der Waals surface area contributed by atoms with Crippen LogP contribution < -0.4 is 14.8 Å². The van der Waals surface area contributed by atoms with Crippen LogP contribution in [0.25, 0.3) is 11.3 Å². The Hall–Kier alpha value is -3.82. The van der Waals surface area contributed by atoms with Crippen molar-refractivity contribution in [2.24, 2.45) is 0 Å². The summed E-state index contributed by atoms with van der Waals surface area (Å²) in [5.74, 6) is 1.42. The number of benzene rings is 3. The van der Waals surface area contributed by atoms with Gasteiger partial charge in [0.15, 0.2) is 5.82 Å². The van der Waals surface area contributed by atoms with Gasteiger partial charge in [0.25, 0.3) is 5.91 Å². The molecule has 0 saturated carbocycles. The zero-order valence-corrected chi connectivity index (χ0v) is 21.0. The van der Waals surface area contributed by atoms with E-state index in [4.69, 9.17) is 32.7 Å². The summed E-state index contributed by atoms with van der Waals surface area (Å²) in [6.45, 7) is 0.647. The van der Waals surface area contributed by atoms with Crippen molar-refractivity contribution in [2.75, 3.05) is 11.9 Å². The molecule has 0 bridgehead atoms. The average molecular weight is 560 g/mol. The molecule has 0 saturated heterocycles. The Kier molecular flexibility index (Phi) is 7.14. The van der Waals surface area contributed by atoms with Gasteiger partial charge in [-0.1, -0.05) is 29.3 Å². The van der Waals surface area contributed by atoms with Crippen molar-refractivity contribution in [3.63, 3.8) is 0 Å². The predicted octanol–water partition coefficient (Wildman–Crippen LogP) is 7.84. The van der Waals surface area contributed by atoms with Gasteiger partial charge in [0.2, 0.25) is 0 Å². The quantitative estimate of drug-likeness (QED) is 0.269. The SMILES string of the molecule is O=C(Nc1ccc(-c2ccc(C(F)(F)F)c(Cl)c2)nn1)c1ccc(Oc2cc3c(cc2Cl)CCCO3)cc1. The van der Waals surface area contributed by atoms with Crippen LogP contribution in [-0.2, 0) is 12.6 Å². The Balaban J connectivity index is 1.23. The number of ether oxygens (including phenoxy) is 2. The van der Waals surface area contributed by atoms with Crippen molar-refractivity contribution < 1.29 is 27.4 Å². The lowest BCUT2D eigenvalue weighted by Crippen LogP contribution is -2.13. The Bertz CT molecular complexity index is 1490. The van der Waals surface area contributed by atoms with Crippen molar-refractivity contribution >= 4 is 34.9 Å². The number of hydrogen-bond acceptors (Lipinski definition) is 5. The highest BCUT2D eigenvalue weighted by atomic mass is 35.5. The van der Waals surface area contributed by atoms with Gasteiger partial charge in [0.1, 0.15) is 17.2 Å². The summed E-state index contributed by atoms with van der Waals surface area (Å²) in [7, 11) is 0. The molecule has 1 aliphatic heterocycles. The summed E-state index contributed by atoms with van der Waals surface area (Å²) in [6.07, 6.45) is -2.71. The van der Waals surface area contributed by atoms with Crippen molar-refractivity contribution in [2.45, 2.75) is 19.0 Å². The van der Waals surface area contributed by atoms with Crippen LogP contribution in [0.15, 0.2) is 66.7 Å². The van der Waals surface area contributed by atoms with E-state index >= 15 is 0 Å². The molecule has 5 rings (SSSR count). The number of aryl methyl sites for hydroxylation is 1. The summed E-state index contributed by atoms with van der Waals surface area (Å²) >= 11 is 12.1. The minimum absolute atomic E-state index is 0.165. The molecule has 6 nitrogen and oxygen atoms in total. The van der Waals surface area contributed by atoms with Crippen LogP contribution in [0.1, 0.15) is 27.9 Å². The van der Waals surface area contributed by atoms with Crippen LogP contribution in [0.4, 0.5) is 19.0 Å². The third-order valence-corrected chi connectivity index (χ3v) is 6.39. The average Bonchev–Trinajstić information content (AvgIpc) is 2.89. The van der Waals surface area contributed by atoms with Gasteiger partial charge < -0.3 is 14.8 Å². The van der Waals surface area contributed by atoms with E-state index < -0.39 is 22.7 Å². The van der Waals surface area contributed by atoms with Crippen LogP contribution in [0.3, 0.4) is 0 Å². The maximum atomic E-state index is 12.9. The minimum atomic E-state index is -4.55. The normalized spacial score (nSPS) is 12.9. The third kappa shape index (κ3) is 5.69. The Morgan fingerprint density at radius 1 is 0.947 bits per heavy atom. The number of halogens is 5. The van der Waals surface area contributed by atoms with Crippen LogP contribution in [0.5, 0.6) is 17.2 Å². The Morgan fingerprint density at radius 3 is 2.42 bits per heavy atom. The van der Waals surface area contributed by atoms with Crippen molar-refractivity contribution in [1.82, 2.24) is 10.2 Å². The molecule has 2 heterocycles. The maximum absolute atomic E-state index is 12.9. The van der Waals surface area contributed by atoms with E-state index in [2.05, 4.69) is 15.5 Å². The van der Waals surface area contributed by atoms with Crippen LogP contribution >= 0.6 is 23.2 Å². The Labute approximate surface area is 225 Å². The molecule has 194 valence electrons. The van der Waals surface area contributed by atoms with E-state index in [1.807, 2.05) is 6.07 Å². The first-order valence-corrected chi connectivity index (χ1v) is 12.2. The van der Waals surface area contributed by atoms with E-state index in [1.165, 1.54) is 24.3 Å². The lowest BCUT2D eigenvalue weighted by atomic mass is 10.1. The fourth-order valence-corrected chi connectivity index (χ4v) is 4.39. The molecule has 4 aromatic rings. The van der Waals surface area contributed by atoms with Crippen molar-refractivity contribution in [3.8, 4) is 28.5 Å². The second-order valence-electron chi connectivity index (χ2n) is 8.42. The first-order valence-electron chi connectivity index (χ1n) is 11.4. The Morgan fingerprint density at radius 2 is 1.74 bits per heavy atom. The largest absolute Gasteiger partial charge is 0.493 e. The van der Waals surface area contributed by atoms with Gasteiger partial charge in [-0.25, -0.2) is 0 Å². The monoisotopic (exact) mass is 559 g/mol. The van der Waals surface area contributed by atoms with Crippen LogP contribution in [-0.4, -0.2) is 22.7 Å². The van der Waals surface area contributed by atoms with Crippen LogP contribution in [0, 0.1) is 0 Å². The topological polar surface area (TPSA) is 73.3 Å². The molecular formula is C27H18Cl2F3N3O3. The van der Waals surface area contributed by atoms with E-state index in [9.17, 15) is 18.0 Å². The number of anilines is 1. The molecule has 11 heteroatoms. The number of nitrogens with zero attached hydrogens (tertiary/aromatic N) is 2. The number of aromatic nitrogens is 2. The van der Waals surface area contributed by atoms with Gasteiger partial charge in [0.05, 0.1) is 27.9 Å². The van der Waals surface area contributed by atoms with Gasteiger partial charge in [-0.2, -0.15) is 13.2 Å². The van der Waals surface area contributed by atoms with Crippen LogP contribution in [0.2, 0.25) is 10.0 Å². The van der Waals surface area contributed by atoms with Gasteiger partial charge in [-0.05, 0) is 73.0 Å². The molecular weight excluding hydrogens is 542 g/mol. The van der Waals surface area contributed by atoms with Gasteiger partial charge in [-0.3, -0.25) is 4.79 Å². The van der Waals surface area contributed by atoms with E-state index in [0.717, 1.165) is 30.2 Å².